The molecule has 0 aromatic heterocycles. The summed E-state index contributed by atoms with van der Waals surface area (Å²) in [7, 11) is -1.66. The Hall–Kier alpha value is -0.123. The van der Waals surface area contributed by atoms with Crippen molar-refractivity contribution in [2.24, 2.45) is 0 Å². The van der Waals surface area contributed by atoms with Crippen molar-refractivity contribution < 1.29 is 9.53 Å². The second-order valence-corrected chi connectivity index (χ2v) is 10.4. The smallest absolute Gasteiger partial charge is 0.192 e. The molecule has 1 N–H and O–H groups in total. The van der Waals surface area contributed by atoms with E-state index >= 15 is 0 Å². The zero-order chi connectivity index (χ0) is 11.0. The van der Waals surface area contributed by atoms with Gasteiger partial charge in [-0.2, -0.15) is 0 Å². The fraction of sp³-hybridized carbons (Fsp3) is 0.818. The summed E-state index contributed by atoms with van der Waals surface area (Å²) < 4.78 is 6.13. The summed E-state index contributed by atoms with van der Waals surface area (Å²) in [5.74, 6) is 0. The minimum Gasteiger partial charge on any atom is -0.410 e. The molecule has 14 heavy (non-hydrogen) atoms. The Balaban J connectivity index is 2.56. The van der Waals surface area contributed by atoms with Crippen LogP contribution in [0.25, 0.3) is 0 Å². The largest absolute Gasteiger partial charge is 0.410 e. The van der Waals surface area contributed by atoms with Gasteiger partial charge in [0.1, 0.15) is 0 Å². The van der Waals surface area contributed by atoms with Gasteiger partial charge in [0, 0.05) is 6.42 Å². The highest BCUT2D eigenvalue weighted by Gasteiger charge is 2.39. The van der Waals surface area contributed by atoms with Gasteiger partial charge in [-0.25, -0.2) is 0 Å². The predicted molar refractivity (Wildman–Crippen MR) is 61.8 cm³/mol. The molecule has 0 saturated carbocycles. The molecule has 0 radical (unpaired) electrons. The van der Waals surface area contributed by atoms with Crippen molar-refractivity contribution in [2.75, 3.05) is 0 Å². The second-order valence-electron chi connectivity index (χ2n) is 5.60. The van der Waals surface area contributed by atoms with Crippen LogP contribution < -0.4 is 0 Å². The highest BCUT2D eigenvalue weighted by Crippen LogP contribution is 2.38. The Morgan fingerprint density at radius 1 is 1.29 bits per heavy atom. The fourth-order valence-electron chi connectivity index (χ4n) is 1.29. The lowest BCUT2D eigenvalue weighted by molar-refractivity contribution is 0.155. The van der Waals surface area contributed by atoms with Gasteiger partial charge in [0.2, 0.25) is 0 Å². The normalized spacial score (nSPS) is 28.4. The highest BCUT2D eigenvalue weighted by molar-refractivity contribution is 6.74. The van der Waals surface area contributed by atoms with Crippen LogP contribution >= 0.6 is 0 Å². The molecule has 1 aliphatic rings. The van der Waals surface area contributed by atoms with Crippen molar-refractivity contribution >= 4 is 8.32 Å². The van der Waals surface area contributed by atoms with Crippen molar-refractivity contribution in [3.8, 4) is 0 Å². The van der Waals surface area contributed by atoms with Crippen LogP contribution in [-0.4, -0.2) is 25.6 Å². The molecule has 0 bridgehead atoms. The molecule has 2 nitrogen and oxygen atoms in total. The monoisotopic (exact) mass is 214 g/mol. The van der Waals surface area contributed by atoms with Gasteiger partial charge < -0.3 is 9.53 Å². The molecular formula is C11H22O2Si. The topological polar surface area (TPSA) is 29.5 Å². The first kappa shape index (κ1) is 11.9. The SMILES string of the molecule is CC(C)(C)[Si](C)(C)OC1C=CC(O)C1. The Morgan fingerprint density at radius 3 is 2.21 bits per heavy atom. The van der Waals surface area contributed by atoms with Crippen molar-refractivity contribution in [1.82, 2.24) is 0 Å². The molecule has 0 aromatic carbocycles. The standard InChI is InChI=1S/C11H22O2Si/c1-11(2,3)14(4,5)13-10-7-6-9(12)8-10/h6-7,9-10,12H,8H2,1-5H3. The van der Waals surface area contributed by atoms with E-state index in [1.54, 1.807) is 0 Å². The molecule has 2 unspecified atom stereocenters. The summed E-state index contributed by atoms with van der Waals surface area (Å²) in [5, 5.41) is 9.59. The molecule has 0 spiro atoms. The highest BCUT2D eigenvalue weighted by atomic mass is 28.4. The lowest BCUT2D eigenvalue weighted by atomic mass is 10.2. The van der Waals surface area contributed by atoms with Crippen LogP contribution in [0.5, 0.6) is 0 Å². The van der Waals surface area contributed by atoms with Gasteiger partial charge in [-0.1, -0.05) is 32.9 Å². The van der Waals surface area contributed by atoms with E-state index in [0.29, 0.717) is 0 Å². The van der Waals surface area contributed by atoms with Gasteiger partial charge in [0.05, 0.1) is 12.2 Å². The summed E-state index contributed by atoms with van der Waals surface area (Å²) in [6.07, 6.45) is 4.38. The van der Waals surface area contributed by atoms with Crippen LogP contribution in [0.2, 0.25) is 18.1 Å². The van der Waals surface area contributed by atoms with Crippen molar-refractivity contribution in [3.05, 3.63) is 12.2 Å². The molecule has 1 aliphatic carbocycles. The Bertz CT molecular complexity index is 228. The minimum absolute atomic E-state index is 0.130. The Labute approximate surface area is 88.1 Å². The molecule has 82 valence electrons. The van der Waals surface area contributed by atoms with Crippen LogP contribution in [0.1, 0.15) is 27.2 Å². The number of rotatable bonds is 2. The van der Waals surface area contributed by atoms with Crippen LogP contribution in [0, 0.1) is 0 Å². The first-order chi connectivity index (χ1) is 6.22. The Kier molecular flexibility index (Phi) is 3.24. The minimum atomic E-state index is -1.66. The lowest BCUT2D eigenvalue weighted by Gasteiger charge is -2.38. The lowest BCUT2D eigenvalue weighted by Crippen LogP contribution is -2.43. The third-order valence-electron chi connectivity index (χ3n) is 3.27. The third kappa shape index (κ3) is 2.68. The van der Waals surface area contributed by atoms with Gasteiger partial charge in [-0.05, 0) is 18.1 Å². The first-order valence-electron chi connectivity index (χ1n) is 5.26. The summed E-state index contributed by atoms with van der Waals surface area (Å²) in [4.78, 5) is 0. The maximum absolute atomic E-state index is 9.35. The third-order valence-corrected chi connectivity index (χ3v) is 7.78. The van der Waals surface area contributed by atoms with Gasteiger partial charge in [-0.3, -0.25) is 0 Å². The maximum atomic E-state index is 9.35. The molecule has 0 aliphatic heterocycles. The summed E-state index contributed by atoms with van der Waals surface area (Å²) in [6, 6.07) is 0. The van der Waals surface area contributed by atoms with E-state index in [1.807, 2.05) is 12.2 Å². The number of hydrogen-bond acceptors (Lipinski definition) is 2. The summed E-state index contributed by atoms with van der Waals surface area (Å²) >= 11 is 0. The molecule has 0 amide bonds. The average molecular weight is 214 g/mol. The van der Waals surface area contributed by atoms with Gasteiger partial charge in [0.15, 0.2) is 8.32 Å². The quantitative estimate of drug-likeness (QED) is 0.566. The number of hydrogen-bond donors (Lipinski definition) is 1. The molecule has 0 aromatic rings. The Morgan fingerprint density at radius 2 is 1.86 bits per heavy atom. The molecule has 0 saturated heterocycles. The molecule has 1 rings (SSSR count). The van der Waals surface area contributed by atoms with Crippen LogP contribution in [-0.2, 0) is 4.43 Å². The van der Waals surface area contributed by atoms with E-state index in [9.17, 15) is 5.11 Å². The van der Waals surface area contributed by atoms with E-state index in [-0.39, 0.29) is 17.2 Å². The van der Waals surface area contributed by atoms with Gasteiger partial charge >= 0.3 is 0 Å². The first-order valence-corrected chi connectivity index (χ1v) is 8.17. The molecule has 3 heteroatoms. The predicted octanol–water partition coefficient (Wildman–Crippen LogP) is 2.70. The average Bonchev–Trinajstić information content (AvgIpc) is 2.31. The van der Waals surface area contributed by atoms with Crippen LogP contribution in [0.3, 0.4) is 0 Å². The zero-order valence-electron chi connectivity index (χ0n) is 9.87. The van der Waals surface area contributed by atoms with Gasteiger partial charge in [-0.15, -0.1) is 0 Å². The van der Waals surface area contributed by atoms with Gasteiger partial charge in [0.25, 0.3) is 0 Å². The maximum Gasteiger partial charge on any atom is 0.192 e. The molecule has 2 atom stereocenters. The summed E-state index contributed by atoms with van der Waals surface area (Å²) in [6.45, 7) is 11.2. The van der Waals surface area contributed by atoms with Crippen molar-refractivity contribution in [3.63, 3.8) is 0 Å². The molecule has 0 fully saturated rings. The van der Waals surface area contributed by atoms with E-state index in [4.69, 9.17) is 4.43 Å². The van der Waals surface area contributed by atoms with Crippen LogP contribution in [0.4, 0.5) is 0 Å². The zero-order valence-corrected chi connectivity index (χ0v) is 10.9. The molecular weight excluding hydrogens is 192 g/mol. The summed E-state index contributed by atoms with van der Waals surface area (Å²) in [5.41, 5.74) is 0. The van der Waals surface area contributed by atoms with E-state index in [2.05, 4.69) is 33.9 Å². The van der Waals surface area contributed by atoms with Crippen molar-refractivity contribution in [1.29, 1.82) is 0 Å². The van der Waals surface area contributed by atoms with E-state index in [1.165, 1.54) is 0 Å². The molecule has 0 heterocycles. The number of aliphatic hydroxyl groups is 1. The number of aliphatic hydroxyl groups excluding tert-OH is 1. The van der Waals surface area contributed by atoms with Crippen LogP contribution in [0.15, 0.2) is 12.2 Å². The van der Waals surface area contributed by atoms with Crippen molar-refractivity contribution in [2.45, 2.75) is 57.5 Å². The fourth-order valence-corrected chi connectivity index (χ4v) is 2.58. The van der Waals surface area contributed by atoms with E-state index < -0.39 is 8.32 Å². The second kappa shape index (κ2) is 3.80. The van der Waals surface area contributed by atoms with E-state index in [0.717, 1.165) is 6.42 Å².